The van der Waals surface area contributed by atoms with Crippen LogP contribution in [0.2, 0.25) is 0 Å². The maximum absolute atomic E-state index is 12.8. The Bertz CT molecular complexity index is 749. The first kappa shape index (κ1) is 24.7. The number of quaternary nitrogens is 1. The summed E-state index contributed by atoms with van der Waals surface area (Å²) in [6.45, 7) is 8.94. The largest absolute Gasteiger partial charge is 1.00 e. The lowest BCUT2D eigenvalue weighted by Crippen LogP contribution is -3.00. The average molecular weight is 511 g/mol. The molecule has 0 aromatic carbocycles. The summed E-state index contributed by atoms with van der Waals surface area (Å²) in [5.74, 6) is 3.18. The minimum absolute atomic E-state index is 0. The van der Waals surface area contributed by atoms with Gasteiger partial charge < -0.3 is 26.2 Å². The lowest BCUT2D eigenvalue weighted by atomic mass is 9.44. The van der Waals surface area contributed by atoms with Crippen molar-refractivity contribution in [3.8, 4) is 0 Å². The Morgan fingerprint density at radius 3 is 2.44 bits per heavy atom. The molecule has 3 unspecified atom stereocenters. The van der Waals surface area contributed by atoms with E-state index in [-0.39, 0.29) is 34.5 Å². The number of fused-ring (bicyclic) bond motifs is 5. The summed E-state index contributed by atoms with van der Waals surface area (Å²) < 4.78 is 7.15. The van der Waals surface area contributed by atoms with Crippen molar-refractivity contribution in [1.29, 1.82) is 0 Å². The molecule has 1 saturated heterocycles. The number of Topliss-reactive ketones (excluding diaryl/α,β-unsaturated/α-hetero) is 1. The molecule has 4 aliphatic carbocycles. The molecule has 182 valence electrons. The Balaban J connectivity index is 0.00000245. The summed E-state index contributed by atoms with van der Waals surface area (Å²) in [6, 6.07) is 0.433. The lowest BCUT2D eigenvalue weighted by molar-refractivity contribution is -0.943. The topological polar surface area (TPSA) is 43.4 Å². The third kappa shape index (κ3) is 3.72. The summed E-state index contributed by atoms with van der Waals surface area (Å²) in [5.41, 5.74) is 0.292. The molecule has 5 heteroatoms. The van der Waals surface area contributed by atoms with Gasteiger partial charge in [0.2, 0.25) is 0 Å². The van der Waals surface area contributed by atoms with Crippen molar-refractivity contribution in [3.63, 3.8) is 0 Å². The number of likely N-dealkylation sites (tertiary alicyclic amines) is 1. The number of hydrogen-bond donors (Lipinski definition) is 0. The van der Waals surface area contributed by atoms with Crippen LogP contribution in [0, 0.1) is 34.5 Å². The van der Waals surface area contributed by atoms with E-state index in [2.05, 4.69) is 20.9 Å². The van der Waals surface area contributed by atoms with Gasteiger partial charge in [0.15, 0.2) is 6.10 Å². The monoisotopic (exact) mass is 509 g/mol. The predicted octanol–water partition coefficient (Wildman–Crippen LogP) is 2.14. The molecule has 5 rings (SSSR count). The van der Waals surface area contributed by atoms with Gasteiger partial charge in [0.1, 0.15) is 11.8 Å². The molecule has 32 heavy (non-hydrogen) atoms. The number of halogens is 1. The second-order valence-corrected chi connectivity index (χ2v) is 12.7. The zero-order valence-electron chi connectivity index (χ0n) is 20.7. The van der Waals surface area contributed by atoms with E-state index in [9.17, 15) is 9.59 Å². The summed E-state index contributed by atoms with van der Waals surface area (Å²) >= 11 is 0. The number of piperidine rings is 1. The van der Waals surface area contributed by atoms with Crippen LogP contribution in [-0.4, -0.2) is 48.5 Å². The molecule has 0 aromatic rings. The number of ketones is 1. The molecule has 5 aliphatic rings. The average Bonchev–Trinajstić information content (AvgIpc) is 3.03. The molecule has 0 spiro atoms. The first-order chi connectivity index (χ1) is 14.7. The van der Waals surface area contributed by atoms with Gasteiger partial charge in [0, 0.05) is 25.2 Å². The number of hydrogen-bond acceptors (Lipinski definition) is 3. The highest BCUT2D eigenvalue weighted by molar-refractivity contribution is 5.87. The van der Waals surface area contributed by atoms with Gasteiger partial charge in [0.25, 0.3) is 0 Å². The normalized spacial score (nSPS) is 47.4. The molecule has 5 fully saturated rings. The van der Waals surface area contributed by atoms with Gasteiger partial charge in [-0.3, -0.25) is 9.59 Å². The number of esters is 1. The summed E-state index contributed by atoms with van der Waals surface area (Å²) in [5, 5.41) is 0. The van der Waals surface area contributed by atoms with E-state index < -0.39 is 0 Å². The highest BCUT2D eigenvalue weighted by Crippen LogP contribution is 2.66. The summed E-state index contributed by atoms with van der Waals surface area (Å²) in [6.07, 6.45) is 13.1. The first-order valence-corrected chi connectivity index (χ1v) is 13.2. The van der Waals surface area contributed by atoms with Crippen molar-refractivity contribution < 1.29 is 35.8 Å². The third-order valence-electron chi connectivity index (χ3n) is 11.3. The molecule has 0 radical (unpaired) electrons. The number of carbonyl (C=O) groups excluding carboxylic acids is 2. The maximum Gasteiger partial charge on any atom is 0.303 e. The van der Waals surface area contributed by atoms with Crippen molar-refractivity contribution in [3.05, 3.63) is 0 Å². The van der Waals surface area contributed by atoms with Crippen LogP contribution >= 0.6 is 0 Å². The highest BCUT2D eigenvalue weighted by Gasteiger charge is 2.63. The molecule has 0 aromatic heterocycles. The molecule has 0 N–H and O–H groups in total. The quantitative estimate of drug-likeness (QED) is 0.423. The van der Waals surface area contributed by atoms with Crippen LogP contribution < -0.4 is 17.0 Å². The van der Waals surface area contributed by atoms with E-state index in [1.807, 2.05) is 0 Å². The Morgan fingerprint density at radius 1 is 1.03 bits per heavy atom. The fourth-order valence-electron chi connectivity index (χ4n) is 9.56. The molecule has 0 bridgehead atoms. The van der Waals surface area contributed by atoms with E-state index in [1.54, 1.807) is 6.92 Å². The Hall–Kier alpha value is -0.420. The van der Waals surface area contributed by atoms with E-state index in [0.717, 1.165) is 42.0 Å². The van der Waals surface area contributed by atoms with E-state index in [0.29, 0.717) is 29.1 Å². The summed E-state index contributed by atoms with van der Waals surface area (Å²) in [4.78, 5) is 24.8. The number of rotatable bonds is 2. The smallest absolute Gasteiger partial charge is 0.303 e. The minimum atomic E-state index is -0.103. The zero-order valence-corrected chi connectivity index (χ0v) is 22.3. The maximum atomic E-state index is 12.8. The fraction of sp³-hybridized carbons (Fsp3) is 0.926. The van der Waals surface area contributed by atoms with Gasteiger partial charge in [0.05, 0.1) is 20.1 Å². The lowest BCUT2D eigenvalue weighted by Gasteiger charge is -2.62. The van der Waals surface area contributed by atoms with Gasteiger partial charge >= 0.3 is 5.97 Å². The van der Waals surface area contributed by atoms with Crippen LogP contribution in [-0.2, 0) is 14.3 Å². The molecule has 8 atom stereocenters. The molecule has 4 nitrogen and oxygen atoms in total. The standard InChI is InChI=1S/C27H44NO3.BrH/c1-18(29)31-24-16-19-8-9-20-21-10-11-25(30)26(21,2)13-12-22(20)27(19,3)17-23(24)28(4)14-6-5-7-15-28;/h19-24H,5-17H2,1-4H3;1H/q+1;/p-1/t19-,20?,21?,22?,23-,24-,26-,27-;/m0./s1. The van der Waals surface area contributed by atoms with Crippen LogP contribution in [0.25, 0.3) is 0 Å². The second kappa shape index (κ2) is 8.66. The van der Waals surface area contributed by atoms with E-state index in [1.165, 1.54) is 58.0 Å². The van der Waals surface area contributed by atoms with Crippen LogP contribution in [0.15, 0.2) is 0 Å². The SMILES string of the molecule is CC(=O)O[C@H]1C[C@@H]2CCC3C4CCC(=O)[C@@]4(C)CCC3[C@@]2(C)C[C@@H]1[N+]1(C)CCCCC1.[Br-]. The second-order valence-electron chi connectivity index (χ2n) is 12.7. The molecule has 0 amide bonds. The van der Waals surface area contributed by atoms with E-state index >= 15 is 0 Å². The Kier molecular flexibility index (Phi) is 6.68. The molecular formula is C27H44BrNO3. The van der Waals surface area contributed by atoms with Crippen molar-refractivity contribution >= 4 is 11.8 Å². The highest BCUT2D eigenvalue weighted by atomic mass is 79.9. The van der Waals surface area contributed by atoms with Gasteiger partial charge in [-0.1, -0.05) is 13.8 Å². The molecule has 1 aliphatic heterocycles. The predicted molar refractivity (Wildman–Crippen MR) is 121 cm³/mol. The van der Waals surface area contributed by atoms with Gasteiger partial charge in [-0.25, -0.2) is 0 Å². The van der Waals surface area contributed by atoms with E-state index in [4.69, 9.17) is 4.74 Å². The van der Waals surface area contributed by atoms with Gasteiger partial charge in [-0.15, -0.1) is 0 Å². The Morgan fingerprint density at radius 2 is 1.75 bits per heavy atom. The zero-order chi connectivity index (χ0) is 22.0. The van der Waals surface area contributed by atoms with Crippen molar-refractivity contribution in [2.24, 2.45) is 34.5 Å². The van der Waals surface area contributed by atoms with Gasteiger partial charge in [-0.05, 0) is 86.9 Å². The molecule has 4 saturated carbocycles. The number of ether oxygens (including phenoxy) is 1. The summed E-state index contributed by atoms with van der Waals surface area (Å²) in [7, 11) is 2.44. The number of likely N-dealkylation sites (N-methyl/N-ethyl adjacent to an activating group) is 1. The molecule has 1 heterocycles. The van der Waals surface area contributed by atoms with Crippen LogP contribution in [0.5, 0.6) is 0 Å². The van der Waals surface area contributed by atoms with Crippen LogP contribution in [0.4, 0.5) is 0 Å². The third-order valence-corrected chi connectivity index (χ3v) is 11.3. The van der Waals surface area contributed by atoms with Crippen LogP contribution in [0.3, 0.4) is 0 Å². The van der Waals surface area contributed by atoms with Crippen molar-refractivity contribution in [1.82, 2.24) is 0 Å². The van der Waals surface area contributed by atoms with Gasteiger partial charge in [-0.2, -0.15) is 0 Å². The minimum Gasteiger partial charge on any atom is -1.00 e. The van der Waals surface area contributed by atoms with Crippen molar-refractivity contribution in [2.45, 2.75) is 104 Å². The first-order valence-electron chi connectivity index (χ1n) is 13.2. The van der Waals surface area contributed by atoms with Crippen LogP contribution in [0.1, 0.15) is 91.4 Å². The Labute approximate surface area is 205 Å². The number of carbonyl (C=O) groups is 2. The van der Waals surface area contributed by atoms with Crippen molar-refractivity contribution in [2.75, 3.05) is 20.1 Å². The fourth-order valence-corrected chi connectivity index (χ4v) is 9.56. The number of nitrogens with zero attached hydrogens (tertiary/aromatic N) is 1. The molecular weight excluding hydrogens is 466 g/mol.